The zero-order valence-electron chi connectivity index (χ0n) is 16.9. The summed E-state index contributed by atoms with van der Waals surface area (Å²) in [5, 5.41) is 12.8. The van der Waals surface area contributed by atoms with Crippen molar-refractivity contribution in [2.45, 2.75) is 57.5 Å². The van der Waals surface area contributed by atoms with Gasteiger partial charge in [-0.3, -0.25) is 4.79 Å². The van der Waals surface area contributed by atoms with Crippen molar-refractivity contribution in [2.24, 2.45) is 0 Å². The second-order valence-corrected chi connectivity index (χ2v) is 7.31. The molecular weight excluding hydrogens is 370 g/mol. The smallest absolute Gasteiger partial charge is 0.217 e. The molecule has 2 aromatic carbocycles. The first kappa shape index (κ1) is 21.5. The maximum Gasteiger partial charge on any atom is 0.217 e. The average molecular weight is 399 g/mol. The number of carbonyl (C=O) groups excluding carboxylic acids is 1. The van der Waals surface area contributed by atoms with Crippen LogP contribution in [0.1, 0.15) is 25.0 Å². The van der Waals surface area contributed by atoms with Crippen molar-refractivity contribution >= 4 is 5.91 Å². The summed E-state index contributed by atoms with van der Waals surface area (Å²) in [4.78, 5) is 11.8. The predicted molar refractivity (Wildman–Crippen MR) is 109 cm³/mol. The standard InChI is InChI=1S/C23H29NO5/c1-16-21(24-17(2)26)23(28-15-19-11-7-4-8-12-19)22(20(13-25)29-16)27-14-18-9-5-3-6-10-18/h3-12,16,20-23,25H,13-15H2,1-2H3,(H,24,26)/t16-,20?,21?,22+,23+/m1/s1. The Balaban J connectivity index is 1.80. The van der Waals surface area contributed by atoms with Crippen LogP contribution in [0.5, 0.6) is 0 Å². The first-order valence-corrected chi connectivity index (χ1v) is 9.93. The lowest BCUT2D eigenvalue weighted by molar-refractivity contribution is -0.225. The van der Waals surface area contributed by atoms with Crippen molar-refractivity contribution in [1.29, 1.82) is 0 Å². The number of carbonyl (C=O) groups is 1. The monoisotopic (exact) mass is 399 g/mol. The van der Waals surface area contributed by atoms with Crippen LogP contribution in [0.2, 0.25) is 0 Å². The maximum atomic E-state index is 11.8. The fourth-order valence-corrected chi connectivity index (χ4v) is 3.64. The lowest BCUT2D eigenvalue weighted by atomic mass is 9.92. The second-order valence-electron chi connectivity index (χ2n) is 7.31. The largest absolute Gasteiger partial charge is 0.394 e. The van der Waals surface area contributed by atoms with E-state index in [1.807, 2.05) is 67.6 Å². The highest BCUT2D eigenvalue weighted by atomic mass is 16.6. The van der Waals surface area contributed by atoms with Gasteiger partial charge >= 0.3 is 0 Å². The van der Waals surface area contributed by atoms with Crippen molar-refractivity contribution in [2.75, 3.05) is 6.61 Å². The topological polar surface area (TPSA) is 77.0 Å². The first-order chi connectivity index (χ1) is 14.1. The van der Waals surface area contributed by atoms with Gasteiger partial charge in [-0.05, 0) is 18.1 Å². The highest BCUT2D eigenvalue weighted by molar-refractivity contribution is 5.73. The van der Waals surface area contributed by atoms with Crippen LogP contribution in [0.3, 0.4) is 0 Å². The quantitative estimate of drug-likeness (QED) is 0.713. The number of nitrogens with one attached hydrogen (secondary N) is 1. The van der Waals surface area contributed by atoms with Crippen LogP contribution in [0.15, 0.2) is 60.7 Å². The molecule has 2 aromatic rings. The van der Waals surface area contributed by atoms with Crippen LogP contribution in [0.4, 0.5) is 0 Å². The summed E-state index contributed by atoms with van der Waals surface area (Å²) >= 11 is 0. The van der Waals surface area contributed by atoms with Crippen LogP contribution in [0, 0.1) is 0 Å². The Morgan fingerprint density at radius 3 is 1.97 bits per heavy atom. The van der Waals surface area contributed by atoms with E-state index in [1.165, 1.54) is 6.92 Å². The van der Waals surface area contributed by atoms with Gasteiger partial charge < -0.3 is 24.6 Å². The highest BCUT2D eigenvalue weighted by Crippen LogP contribution is 2.27. The lowest BCUT2D eigenvalue weighted by Gasteiger charge is -2.45. The SMILES string of the molecule is CC(=O)NC1[C@@H](C)OC(CO)[C@H](OCc2ccccc2)[C@H]1OCc1ccccc1. The molecule has 2 N–H and O–H groups in total. The summed E-state index contributed by atoms with van der Waals surface area (Å²) in [5.41, 5.74) is 2.04. The van der Waals surface area contributed by atoms with Gasteiger partial charge in [-0.15, -0.1) is 0 Å². The van der Waals surface area contributed by atoms with E-state index in [0.29, 0.717) is 13.2 Å². The number of hydrogen-bond donors (Lipinski definition) is 2. The molecular formula is C23H29NO5. The number of ether oxygens (including phenoxy) is 3. The summed E-state index contributed by atoms with van der Waals surface area (Å²) in [5.74, 6) is -0.164. The zero-order valence-corrected chi connectivity index (χ0v) is 16.9. The number of rotatable bonds is 8. The molecule has 0 aliphatic carbocycles. The Bertz CT molecular complexity index is 754. The van der Waals surface area contributed by atoms with Crippen LogP contribution >= 0.6 is 0 Å². The Morgan fingerprint density at radius 2 is 1.48 bits per heavy atom. The molecule has 2 unspecified atom stereocenters. The minimum Gasteiger partial charge on any atom is -0.394 e. The summed E-state index contributed by atoms with van der Waals surface area (Å²) in [6.45, 7) is 3.88. The van der Waals surface area contributed by atoms with E-state index in [2.05, 4.69) is 5.32 Å². The fourth-order valence-electron chi connectivity index (χ4n) is 3.64. The number of amides is 1. The molecule has 3 rings (SSSR count). The molecule has 0 aromatic heterocycles. The van der Waals surface area contributed by atoms with Gasteiger partial charge in [-0.1, -0.05) is 60.7 Å². The number of benzene rings is 2. The molecule has 1 fully saturated rings. The first-order valence-electron chi connectivity index (χ1n) is 9.93. The fraction of sp³-hybridized carbons (Fsp3) is 0.435. The van der Waals surface area contributed by atoms with E-state index in [0.717, 1.165) is 11.1 Å². The molecule has 156 valence electrons. The highest BCUT2D eigenvalue weighted by Gasteiger charge is 2.46. The molecule has 1 aliphatic heterocycles. The normalized spacial score (nSPS) is 26.8. The van der Waals surface area contributed by atoms with Crippen LogP contribution < -0.4 is 5.32 Å². The van der Waals surface area contributed by atoms with Crippen LogP contribution in [-0.2, 0) is 32.2 Å². The zero-order chi connectivity index (χ0) is 20.6. The molecule has 5 atom stereocenters. The minimum absolute atomic E-state index is 0.164. The number of hydrogen-bond acceptors (Lipinski definition) is 5. The number of aliphatic hydroxyl groups is 1. The van der Waals surface area contributed by atoms with E-state index in [-0.39, 0.29) is 24.7 Å². The molecule has 0 spiro atoms. The van der Waals surface area contributed by atoms with Gasteiger partial charge in [-0.2, -0.15) is 0 Å². The van der Waals surface area contributed by atoms with Gasteiger partial charge in [-0.25, -0.2) is 0 Å². The van der Waals surface area contributed by atoms with Gasteiger partial charge in [0.2, 0.25) is 5.91 Å². The van der Waals surface area contributed by atoms with Crippen LogP contribution in [-0.4, -0.2) is 48.1 Å². The maximum absolute atomic E-state index is 11.8. The molecule has 0 radical (unpaired) electrons. The Kier molecular flexibility index (Phi) is 7.77. The third-order valence-corrected chi connectivity index (χ3v) is 5.06. The summed E-state index contributed by atoms with van der Waals surface area (Å²) in [6, 6.07) is 19.2. The molecule has 1 aliphatic rings. The van der Waals surface area contributed by atoms with E-state index >= 15 is 0 Å². The molecule has 0 saturated carbocycles. The lowest BCUT2D eigenvalue weighted by Crippen LogP contribution is -2.64. The van der Waals surface area contributed by atoms with Crippen molar-refractivity contribution < 1.29 is 24.1 Å². The summed E-state index contributed by atoms with van der Waals surface area (Å²) < 4.78 is 18.4. The van der Waals surface area contributed by atoms with Crippen molar-refractivity contribution in [3.05, 3.63) is 71.8 Å². The molecule has 6 nitrogen and oxygen atoms in total. The third kappa shape index (κ3) is 5.87. The number of aliphatic hydroxyl groups excluding tert-OH is 1. The second kappa shape index (κ2) is 10.5. The van der Waals surface area contributed by atoms with Gasteiger partial charge in [0.15, 0.2) is 0 Å². The van der Waals surface area contributed by atoms with Gasteiger partial charge in [0.25, 0.3) is 0 Å². The molecule has 1 heterocycles. The molecule has 6 heteroatoms. The van der Waals surface area contributed by atoms with Crippen molar-refractivity contribution in [1.82, 2.24) is 5.32 Å². The van der Waals surface area contributed by atoms with E-state index < -0.39 is 18.3 Å². The van der Waals surface area contributed by atoms with E-state index in [1.54, 1.807) is 0 Å². The average Bonchev–Trinajstić information content (AvgIpc) is 2.74. The van der Waals surface area contributed by atoms with Gasteiger partial charge in [0.05, 0.1) is 32.0 Å². The van der Waals surface area contributed by atoms with Gasteiger partial charge in [0, 0.05) is 6.92 Å². The molecule has 1 amide bonds. The van der Waals surface area contributed by atoms with Crippen molar-refractivity contribution in [3.63, 3.8) is 0 Å². The third-order valence-electron chi connectivity index (χ3n) is 5.06. The van der Waals surface area contributed by atoms with Crippen LogP contribution in [0.25, 0.3) is 0 Å². The van der Waals surface area contributed by atoms with Gasteiger partial charge in [0.1, 0.15) is 18.3 Å². The molecule has 1 saturated heterocycles. The van der Waals surface area contributed by atoms with Crippen molar-refractivity contribution in [3.8, 4) is 0 Å². The van der Waals surface area contributed by atoms with E-state index in [9.17, 15) is 9.90 Å². The van der Waals surface area contributed by atoms with E-state index in [4.69, 9.17) is 14.2 Å². The predicted octanol–water partition coefficient (Wildman–Crippen LogP) is 2.44. The Morgan fingerprint density at radius 1 is 0.966 bits per heavy atom. The minimum atomic E-state index is -0.542. The Labute approximate surface area is 171 Å². The summed E-state index contributed by atoms with van der Waals surface area (Å²) in [6.07, 6.45) is -1.87. The molecule has 29 heavy (non-hydrogen) atoms. The summed E-state index contributed by atoms with van der Waals surface area (Å²) in [7, 11) is 0. The Hall–Kier alpha value is -2.25. The molecule has 0 bridgehead atoms.